The number of hydrogen-bond donors (Lipinski definition) is 0. The molecule has 1 aromatic heterocycles. The van der Waals surface area contributed by atoms with Crippen LogP contribution in [0.25, 0.3) is 0 Å². The summed E-state index contributed by atoms with van der Waals surface area (Å²) in [6.07, 6.45) is 18.9. The minimum absolute atomic E-state index is 1.22. The molecule has 0 aliphatic rings. The summed E-state index contributed by atoms with van der Waals surface area (Å²) in [6.45, 7) is 5.78. The fraction of sp³-hybridized carbons (Fsp3) is 0.789. The van der Waals surface area contributed by atoms with Crippen LogP contribution in [0.1, 0.15) is 90.2 Å². The quantitative estimate of drug-likeness (QED) is 0.370. The first kappa shape index (κ1) is 17.3. The largest absolute Gasteiger partial charge is 0.351 e. The van der Waals surface area contributed by atoms with Gasteiger partial charge in [-0.3, -0.25) is 0 Å². The molecule has 0 saturated heterocycles. The molecule has 0 bridgehead atoms. The molecular formula is C19H35N. The standard InChI is InChI=1S/C19H35N/c1-3-5-7-8-9-10-11-12-13-17-20-18-14-16-19(20)15-6-4-2/h14,16,18H,3-13,15,17H2,1-2H3. The predicted molar refractivity (Wildman–Crippen MR) is 90.3 cm³/mol. The second-order valence-electron chi connectivity index (χ2n) is 6.12. The Hall–Kier alpha value is -0.720. The summed E-state index contributed by atoms with van der Waals surface area (Å²) in [5.41, 5.74) is 1.53. The second kappa shape index (κ2) is 12.1. The maximum Gasteiger partial charge on any atom is 0.0222 e. The number of unbranched alkanes of at least 4 members (excludes halogenated alkanes) is 9. The number of aryl methyl sites for hydroxylation is 2. The third-order valence-electron chi connectivity index (χ3n) is 4.21. The Kier molecular flexibility index (Phi) is 10.4. The third kappa shape index (κ3) is 7.77. The normalized spacial score (nSPS) is 11.1. The molecule has 0 aromatic carbocycles. The van der Waals surface area contributed by atoms with Gasteiger partial charge < -0.3 is 4.57 Å². The molecule has 0 aliphatic carbocycles. The maximum absolute atomic E-state index is 2.47. The van der Waals surface area contributed by atoms with Gasteiger partial charge in [0, 0.05) is 18.4 Å². The molecule has 20 heavy (non-hydrogen) atoms. The first-order chi connectivity index (χ1) is 9.88. The molecule has 116 valence electrons. The Bertz CT molecular complexity index is 313. The molecule has 1 nitrogen and oxygen atoms in total. The molecule has 1 rings (SSSR count). The van der Waals surface area contributed by atoms with Crippen LogP contribution in [0.2, 0.25) is 0 Å². The average Bonchev–Trinajstić information content (AvgIpc) is 2.91. The van der Waals surface area contributed by atoms with Gasteiger partial charge in [-0.2, -0.15) is 0 Å². The summed E-state index contributed by atoms with van der Waals surface area (Å²) in [7, 11) is 0. The smallest absolute Gasteiger partial charge is 0.0222 e. The van der Waals surface area contributed by atoms with Crippen LogP contribution in [-0.4, -0.2) is 4.57 Å². The van der Waals surface area contributed by atoms with E-state index in [0.29, 0.717) is 0 Å². The summed E-state index contributed by atoms with van der Waals surface area (Å²) >= 11 is 0. The topological polar surface area (TPSA) is 4.93 Å². The minimum atomic E-state index is 1.22. The zero-order valence-electron chi connectivity index (χ0n) is 13.9. The second-order valence-corrected chi connectivity index (χ2v) is 6.12. The lowest BCUT2D eigenvalue weighted by atomic mass is 10.1. The van der Waals surface area contributed by atoms with E-state index >= 15 is 0 Å². The van der Waals surface area contributed by atoms with Crippen LogP contribution in [0, 0.1) is 0 Å². The van der Waals surface area contributed by atoms with E-state index in [2.05, 4.69) is 36.7 Å². The highest BCUT2D eigenvalue weighted by Gasteiger charge is 2.00. The van der Waals surface area contributed by atoms with Gasteiger partial charge >= 0.3 is 0 Å². The van der Waals surface area contributed by atoms with Crippen LogP contribution in [0.15, 0.2) is 18.3 Å². The molecule has 1 heterocycles. The molecule has 1 heteroatoms. The molecule has 0 atom stereocenters. The zero-order valence-corrected chi connectivity index (χ0v) is 13.9. The van der Waals surface area contributed by atoms with Crippen molar-refractivity contribution in [1.82, 2.24) is 4.57 Å². The van der Waals surface area contributed by atoms with Crippen LogP contribution in [0.3, 0.4) is 0 Å². The number of hydrogen-bond acceptors (Lipinski definition) is 0. The van der Waals surface area contributed by atoms with E-state index in [4.69, 9.17) is 0 Å². The van der Waals surface area contributed by atoms with Gasteiger partial charge in [-0.15, -0.1) is 0 Å². The van der Waals surface area contributed by atoms with Gasteiger partial charge in [-0.05, 0) is 31.4 Å². The van der Waals surface area contributed by atoms with Crippen molar-refractivity contribution in [1.29, 1.82) is 0 Å². The Morgan fingerprint density at radius 2 is 1.35 bits per heavy atom. The lowest BCUT2D eigenvalue weighted by molar-refractivity contribution is 0.531. The zero-order chi connectivity index (χ0) is 14.5. The van der Waals surface area contributed by atoms with E-state index in [-0.39, 0.29) is 0 Å². The van der Waals surface area contributed by atoms with Crippen LogP contribution >= 0.6 is 0 Å². The van der Waals surface area contributed by atoms with E-state index in [9.17, 15) is 0 Å². The van der Waals surface area contributed by atoms with Gasteiger partial charge in [0.2, 0.25) is 0 Å². The predicted octanol–water partition coefficient (Wildman–Crippen LogP) is 6.36. The fourth-order valence-electron chi connectivity index (χ4n) is 2.85. The number of rotatable bonds is 13. The molecule has 0 unspecified atom stereocenters. The van der Waals surface area contributed by atoms with Crippen molar-refractivity contribution in [3.63, 3.8) is 0 Å². The van der Waals surface area contributed by atoms with Crippen LogP contribution < -0.4 is 0 Å². The van der Waals surface area contributed by atoms with Gasteiger partial charge in [-0.1, -0.05) is 71.6 Å². The highest BCUT2D eigenvalue weighted by molar-refractivity contribution is 5.07. The summed E-state index contributed by atoms with van der Waals surface area (Å²) in [5.74, 6) is 0. The highest BCUT2D eigenvalue weighted by Crippen LogP contribution is 2.12. The molecule has 0 radical (unpaired) electrons. The minimum Gasteiger partial charge on any atom is -0.351 e. The molecule has 0 saturated carbocycles. The van der Waals surface area contributed by atoms with Gasteiger partial charge in [0.15, 0.2) is 0 Å². The average molecular weight is 277 g/mol. The summed E-state index contributed by atoms with van der Waals surface area (Å²) in [4.78, 5) is 0. The van der Waals surface area contributed by atoms with Crippen molar-refractivity contribution in [3.8, 4) is 0 Å². The van der Waals surface area contributed by atoms with Crippen molar-refractivity contribution in [2.24, 2.45) is 0 Å². The van der Waals surface area contributed by atoms with Crippen molar-refractivity contribution < 1.29 is 0 Å². The third-order valence-corrected chi connectivity index (χ3v) is 4.21. The van der Waals surface area contributed by atoms with Gasteiger partial charge in [0.1, 0.15) is 0 Å². The van der Waals surface area contributed by atoms with Gasteiger partial charge in [0.05, 0.1) is 0 Å². The first-order valence-corrected chi connectivity index (χ1v) is 9.02. The molecule has 0 amide bonds. The van der Waals surface area contributed by atoms with Gasteiger partial charge in [-0.25, -0.2) is 0 Å². The summed E-state index contributed by atoms with van der Waals surface area (Å²) in [5, 5.41) is 0. The Balaban J connectivity index is 1.99. The van der Waals surface area contributed by atoms with Crippen molar-refractivity contribution in [3.05, 3.63) is 24.0 Å². The molecule has 1 aromatic rings. The molecular weight excluding hydrogens is 242 g/mol. The SMILES string of the molecule is CCCCCCCCCCCn1cccc1CCCC. The maximum atomic E-state index is 2.47. The summed E-state index contributed by atoms with van der Waals surface area (Å²) < 4.78 is 2.47. The van der Waals surface area contributed by atoms with Crippen molar-refractivity contribution >= 4 is 0 Å². The first-order valence-electron chi connectivity index (χ1n) is 9.02. The fourth-order valence-corrected chi connectivity index (χ4v) is 2.85. The Labute approximate surface area is 126 Å². The molecule has 0 N–H and O–H groups in total. The Morgan fingerprint density at radius 3 is 2.00 bits per heavy atom. The van der Waals surface area contributed by atoms with E-state index in [0.717, 1.165) is 0 Å². The van der Waals surface area contributed by atoms with Crippen molar-refractivity contribution in [2.75, 3.05) is 0 Å². The number of aromatic nitrogens is 1. The van der Waals surface area contributed by atoms with E-state index in [1.54, 1.807) is 0 Å². The lowest BCUT2D eigenvalue weighted by Crippen LogP contribution is -2.02. The van der Waals surface area contributed by atoms with E-state index in [1.807, 2.05) is 0 Å². The van der Waals surface area contributed by atoms with Crippen LogP contribution in [-0.2, 0) is 13.0 Å². The molecule has 0 fully saturated rings. The van der Waals surface area contributed by atoms with Crippen molar-refractivity contribution in [2.45, 2.75) is 97.4 Å². The summed E-state index contributed by atoms with van der Waals surface area (Å²) in [6, 6.07) is 4.50. The molecule has 0 aliphatic heterocycles. The monoisotopic (exact) mass is 277 g/mol. The van der Waals surface area contributed by atoms with E-state index < -0.39 is 0 Å². The van der Waals surface area contributed by atoms with Crippen LogP contribution in [0.5, 0.6) is 0 Å². The lowest BCUT2D eigenvalue weighted by Gasteiger charge is -2.09. The highest BCUT2D eigenvalue weighted by atomic mass is 15.0. The van der Waals surface area contributed by atoms with E-state index in [1.165, 1.54) is 89.3 Å². The number of nitrogens with zero attached hydrogens (tertiary/aromatic N) is 1. The van der Waals surface area contributed by atoms with Gasteiger partial charge in [0.25, 0.3) is 0 Å². The van der Waals surface area contributed by atoms with Crippen LogP contribution in [0.4, 0.5) is 0 Å². The Morgan fingerprint density at radius 1 is 0.750 bits per heavy atom. The molecule has 0 spiro atoms.